The fourth-order valence-corrected chi connectivity index (χ4v) is 2.94. The standard InChI is InChI=1S/C17H26N2O2/c1-4-17(5-2,12-20)11-18-14-10-16(21)19(3)15-9-7-6-8-13(14)15/h6-9,14,18,20H,4-5,10-12H2,1-3H3. The van der Waals surface area contributed by atoms with Crippen molar-refractivity contribution in [2.24, 2.45) is 5.41 Å². The maximum absolute atomic E-state index is 12.1. The van der Waals surface area contributed by atoms with E-state index in [0.717, 1.165) is 25.1 Å². The topological polar surface area (TPSA) is 52.6 Å². The van der Waals surface area contributed by atoms with E-state index in [1.807, 2.05) is 25.2 Å². The van der Waals surface area contributed by atoms with E-state index in [-0.39, 0.29) is 24.0 Å². The van der Waals surface area contributed by atoms with Crippen molar-refractivity contribution in [3.05, 3.63) is 29.8 Å². The van der Waals surface area contributed by atoms with Crippen LogP contribution in [0.25, 0.3) is 0 Å². The van der Waals surface area contributed by atoms with Crippen LogP contribution in [0.1, 0.15) is 44.7 Å². The molecule has 0 fully saturated rings. The van der Waals surface area contributed by atoms with Gasteiger partial charge in [-0.2, -0.15) is 0 Å². The SMILES string of the molecule is CCC(CC)(CO)CNC1CC(=O)N(C)c2ccccc21. The van der Waals surface area contributed by atoms with Gasteiger partial charge >= 0.3 is 0 Å². The van der Waals surface area contributed by atoms with Gasteiger partial charge in [-0.15, -0.1) is 0 Å². The Morgan fingerprint density at radius 3 is 2.62 bits per heavy atom. The molecule has 1 aromatic carbocycles. The lowest BCUT2D eigenvalue weighted by Crippen LogP contribution is -2.42. The Labute approximate surface area is 127 Å². The van der Waals surface area contributed by atoms with Crippen LogP contribution in [-0.2, 0) is 4.79 Å². The second kappa shape index (κ2) is 6.58. The van der Waals surface area contributed by atoms with Gasteiger partial charge in [0.05, 0.1) is 0 Å². The molecule has 0 aliphatic carbocycles. The van der Waals surface area contributed by atoms with Crippen molar-refractivity contribution in [3.63, 3.8) is 0 Å². The molecule has 21 heavy (non-hydrogen) atoms. The highest BCUT2D eigenvalue weighted by Gasteiger charge is 2.31. The van der Waals surface area contributed by atoms with Crippen LogP contribution in [0, 0.1) is 5.41 Å². The minimum Gasteiger partial charge on any atom is -0.396 e. The van der Waals surface area contributed by atoms with E-state index < -0.39 is 0 Å². The quantitative estimate of drug-likeness (QED) is 0.846. The molecule has 116 valence electrons. The first-order chi connectivity index (χ1) is 10.1. The number of rotatable bonds is 6. The van der Waals surface area contributed by atoms with Gasteiger partial charge in [0.1, 0.15) is 0 Å². The Bertz CT molecular complexity index is 489. The number of para-hydroxylation sites is 1. The average Bonchev–Trinajstić information content (AvgIpc) is 2.53. The third kappa shape index (κ3) is 3.11. The van der Waals surface area contributed by atoms with Crippen molar-refractivity contribution in [2.45, 2.75) is 39.2 Å². The van der Waals surface area contributed by atoms with Crippen LogP contribution in [0.5, 0.6) is 0 Å². The number of benzene rings is 1. The first-order valence-electron chi connectivity index (χ1n) is 7.76. The zero-order chi connectivity index (χ0) is 15.5. The van der Waals surface area contributed by atoms with Gasteiger partial charge in [-0.05, 0) is 24.5 Å². The summed E-state index contributed by atoms with van der Waals surface area (Å²) in [6.45, 7) is 5.12. The van der Waals surface area contributed by atoms with Crippen LogP contribution >= 0.6 is 0 Å². The molecule has 1 aliphatic heterocycles. The summed E-state index contributed by atoms with van der Waals surface area (Å²) in [5.74, 6) is 0.133. The molecule has 0 saturated carbocycles. The second-order valence-corrected chi connectivity index (χ2v) is 6.01. The third-order valence-corrected chi connectivity index (χ3v) is 4.99. The molecule has 4 nitrogen and oxygen atoms in total. The monoisotopic (exact) mass is 290 g/mol. The number of fused-ring (bicyclic) bond motifs is 1. The Hall–Kier alpha value is -1.39. The van der Waals surface area contributed by atoms with Gasteiger partial charge in [0.25, 0.3) is 0 Å². The van der Waals surface area contributed by atoms with E-state index in [2.05, 4.69) is 25.2 Å². The zero-order valence-corrected chi connectivity index (χ0v) is 13.2. The molecule has 0 aromatic heterocycles. The predicted octanol–water partition coefficient (Wildman–Crippen LogP) is 2.48. The summed E-state index contributed by atoms with van der Waals surface area (Å²) in [6.07, 6.45) is 2.33. The number of aliphatic hydroxyl groups is 1. The summed E-state index contributed by atoms with van der Waals surface area (Å²) in [6, 6.07) is 8.07. The molecule has 1 atom stereocenters. The van der Waals surface area contributed by atoms with Crippen molar-refractivity contribution >= 4 is 11.6 Å². The van der Waals surface area contributed by atoms with Gasteiger partial charge < -0.3 is 15.3 Å². The van der Waals surface area contributed by atoms with Crippen molar-refractivity contribution < 1.29 is 9.90 Å². The van der Waals surface area contributed by atoms with Gasteiger partial charge in [-0.1, -0.05) is 32.0 Å². The Morgan fingerprint density at radius 1 is 1.33 bits per heavy atom. The lowest BCUT2D eigenvalue weighted by atomic mass is 9.82. The average molecular weight is 290 g/mol. The van der Waals surface area contributed by atoms with Gasteiger partial charge in [0, 0.05) is 43.8 Å². The molecule has 0 saturated heterocycles. The highest BCUT2D eigenvalue weighted by molar-refractivity contribution is 5.96. The van der Waals surface area contributed by atoms with Gasteiger partial charge in [0.15, 0.2) is 0 Å². The number of anilines is 1. The molecule has 4 heteroatoms. The van der Waals surface area contributed by atoms with Crippen LogP contribution in [0.3, 0.4) is 0 Å². The van der Waals surface area contributed by atoms with E-state index in [4.69, 9.17) is 0 Å². The summed E-state index contributed by atoms with van der Waals surface area (Å²) < 4.78 is 0. The summed E-state index contributed by atoms with van der Waals surface area (Å²) in [4.78, 5) is 13.9. The highest BCUT2D eigenvalue weighted by atomic mass is 16.3. The molecule has 2 rings (SSSR count). The summed E-state index contributed by atoms with van der Waals surface area (Å²) in [5.41, 5.74) is 2.05. The van der Waals surface area contributed by atoms with Crippen LogP contribution in [0.15, 0.2) is 24.3 Å². The highest BCUT2D eigenvalue weighted by Crippen LogP contribution is 2.34. The molecule has 1 unspecified atom stereocenters. The molecular weight excluding hydrogens is 264 g/mol. The normalized spacial score (nSPS) is 18.8. The largest absolute Gasteiger partial charge is 0.396 e. The number of carbonyl (C=O) groups is 1. The predicted molar refractivity (Wildman–Crippen MR) is 85.3 cm³/mol. The second-order valence-electron chi connectivity index (χ2n) is 6.01. The molecule has 2 N–H and O–H groups in total. The number of hydrogen-bond donors (Lipinski definition) is 2. The number of nitrogens with one attached hydrogen (secondary N) is 1. The van der Waals surface area contributed by atoms with Crippen molar-refractivity contribution in [3.8, 4) is 0 Å². The first kappa shape index (κ1) is 16.0. The molecule has 1 aromatic rings. The third-order valence-electron chi connectivity index (χ3n) is 4.99. The minimum absolute atomic E-state index is 0.0360. The smallest absolute Gasteiger partial charge is 0.228 e. The Kier molecular flexibility index (Phi) is 5.01. The summed E-state index contributed by atoms with van der Waals surface area (Å²) in [5, 5.41) is 13.2. The summed E-state index contributed by atoms with van der Waals surface area (Å²) in [7, 11) is 1.83. The van der Waals surface area contributed by atoms with Gasteiger partial charge in [-0.25, -0.2) is 0 Å². The number of aliphatic hydroxyl groups excluding tert-OH is 1. The molecule has 0 spiro atoms. The van der Waals surface area contributed by atoms with E-state index in [9.17, 15) is 9.90 Å². The van der Waals surface area contributed by atoms with Crippen LogP contribution in [-0.4, -0.2) is 31.2 Å². The molecule has 1 amide bonds. The van der Waals surface area contributed by atoms with Crippen LogP contribution < -0.4 is 10.2 Å². The number of amides is 1. The van der Waals surface area contributed by atoms with E-state index in [1.54, 1.807) is 4.90 Å². The van der Waals surface area contributed by atoms with E-state index >= 15 is 0 Å². The van der Waals surface area contributed by atoms with Crippen molar-refractivity contribution in [2.75, 3.05) is 25.1 Å². The fraction of sp³-hybridized carbons (Fsp3) is 0.588. The fourth-order valence-electron chi connectivity index (χ4n) is 2.94. The number of nitrogens with zero attached hydrogens (tertiary/aromatic N) is 1. The van der Waals surface area contributed by atoms with Crippen molar-refractivity contribution in [1.29, 1.82) is 0 Å². The maximum atomic E-state index is 12.1. The summed E-state index contributed by atoms with van der Waals surface area (Å²) >= 11 is 0. The number of carbonyl (C=O) groups excluding carboxylic acids is 1. The Balaban J connectivity index is 2.18. The van der Waals surface area contributed by atoms with E-state index in [1.165, 1.54) is 5.56 Å². The van der Waals surface area contributed by atoms with Gasteiger partial charge in [-0.3, -0.25) is 4.79 Å². The lowest BCUT2D eigenvalue weighted by molar-refractivity contribution is -0.119. The molecule has 0 radical (unpaired) electrons. The molecule has 1 heterocycles. The molecule has 1 aliphatic rings. The maximum Gasteiger partial charge on any atom is 0.228 e. The van der Waals surface area contributed by atoms with E-state index in [0.29, 0.717) is 6.42 Å². The zero-order valence-electron chi connectivity index (χ0n) is 13.2. The van der Waals surface area contributed by atoms with Crippen molar-refractivity contribution in [1.82, 2.24) is 5.32 Å². The minimum atomic E-state index is -0.0959. The molecule has 0 bridgehead atoms. The van der Waals surface area contributed by atoms with Crippen LogP contribution in [0.4, 0.5) is 5.69 Å². The first-order valence-corrected chi connectivity index (χ1v) is 7.76. The Morgan fingerprint density at radius 2 is 2.00 bits per heavy atom. The van der Waals surface area contributed by atoms with Crippen LogP contribution in [0.2, 0.25) is 0 Å². The number of hydrogen-bond acceptors (Lipinski definition) is 3. The van der Waals surface area contributed by atoms with Gasteiger partial charge in [0.2, 0.25) is 5.91 Å². The lowest BCUT2D eigenvalue weighted by Gasteiger charge is -2.36. The molecular formula is C17H26N2O2.